The van der Waals surface area contributed by atoms with E-state index in [1.54, 1.807) is 23.0 Å². The van der Waals surface area contributed by atoms with Crippen molar-refractivity contribution < 1.29 is 28.9 Å². The highest BCUT2D eigenvalue weighted by molar-refractivity contribution is 6.10. The van der Waals surface area contributed by atoms with Gasteiger partial charge in [-0.1, -0.05) is 51.1 Å². The third kappa shape index (κ3) is 4.34. The molecule has 3 aliphatic heterocycles. The van der Waals surface area contributed by atoms with Crippen LogP contribution in [0.15, 0.2) is 79.4 Å². The Hall–Kier alpha value is -4.14. The second-order valence-electron chi connectivity index (χ2n) is 12.1. The minimum absolute atomic E-state index is 0.0703. The first-order chi connectivity index (χ1) is 20.7. The van der Waals surface area contributed by atoms with Gasteiger partial charge in [0.2, 0.25) is 0 Å². The lowest BCUT2D eigenvalue weighted by molar-refractivity contribution is -0.146. The molecule has 0 bridgehead atoms. The van der Waals surface area contributed by atoms with E-state index < -0.39 is 17.1 Å². The van der Waals surface area contributed by atoms with Gasteiger partial charge >= 0.3 is 0 Å². The largest absolute Gasteiger partial charge is 0.497 e. The van der Waals surface area contributed by atoms with Gasteiger partial charge in [-0.05, 0) is 59.9 Å². The number of para-hydroxylation sites is 2. The van der Waals surface area contributed by atoms with Crippen molar-refractivity contribution in [3.8, 4) is 11.5 Å². The summed E-state index contributed by atoms with van der Waals surface area (Å²) >= 11 is 0. The molecule has 6 rings (SSSR count). The summed E-state index contributed by atoms with van der Waals surface area (Å²) in [5.41, 5.74) is 2.11. The van der Waals surface area contributed by atoms with E-state index in [0.29, 0.717) is 30.1 Å². The van der Waals surface area contributed by atoms with Crippen LogP contribution in [0, 0.1) is 11.8 Å². The first-order valence-corrected chi connectivity index (χ1v) is 14.7. The molecule has 1 fully saturated rings. The summed E-state index contributed by atoms with van der Waals surface area (Å²) in [6.07, 6.45) is 1.70. The van der Waals surface area contributed by atoms with Gasteiger partial charge < -0.3 is 24.2 Å². The lowest BCUT2D eigenvalue weighted by atomic mass is 9.63. The Bertz CT molecular complexity index is 1570. The Morgan fingerprint density at radius 1 is 1.09 bits per heavy atom. The predicted molar refractivity (Wildman–Crippen MR) is 165 cm³/mol. The van der Waals surface area contributed by atoms with E-state index >= 15 is 0 Å². The molecule has 0 radical (unpaired) electrons. The van der Waals surface area contributed by atoms with E-state index in [9.17, 15) is 14.7 Å². The van der Waals surface area contributed by atoms with Crippen molar-refractivity contribution in [2.75, 3.05) is 36.7 Å². The van der Waals surface area contributed by atoms with Gasteiger partial charge in [0.05, 0.1) is 24.6 Å². The van der Waals surface area contributed by atoms with Crippen LogP contribution in [0.1, 0.15) is 38.3 Å². The fourth-order valence-corrected chi connectivity index (χ4v) is 7.53. The topological polar surface area (TPSA) is 88.5 Å². The van der Waals surface area contributed by atoms with Gasteiger partial charge in [-0.25, -0.2) is 0 Å². The van der Waals surface area contributed by atoms with E-state index in [2.05, 4.69) is 39.5 Å². The van der Waals surface area contributed by atoms with Gasteiger partial charge in [-0.2, -0.15) is 0 Å². The maximum Gasteiger partial charge on any atom is 0.269 e. The van der Waals surface area contributed by atoms with E-state index in [4.69, 9.17) is 14.2 Å². The number of ether oxygens (including phenoxy) is 3. The number of fused-ring (bicyclic) bond motifs is 3. The number of carbonyl (C=O) groups excluding carboxylic acids is 2. The summed E-state index contributed by atoms with van der Waals surface area (Å²) in [6, 6.07) is 21.1. The number of benzene rings is 3. The average Bonchev–Trinajstić information content (AvgIpc) is 3.44. The van der Waals surface area contributed by atoms with Crippen LogP contribution in [0.3, 0.4) is 0 Å². The molecule has 0 saturated carbocycles. The second-order valence-corrected chi connectivity index (χ2v) is 12.1. The number of carbonyl (C=O) groups is 2. The lowest BCUT2D eigenvalue weighted by Gasteiger charge is -2.38. The van der Waals surface area contributed by atoms with Crippen molar-refractivity contribution in [2.45, 2.75) is 44.3 Å². The van der Waals surface area contributed by atoms with Gasteiger partial charge in [0, 0.05) is 36.2 Å². The predicted octanol–water partition coefficient (Wildman–Crippen LogP) is 5.49. The van der Waals surface area contributed by atoms with E-state index in [-0.39, 0.29) is 36.9 Å². The molecule has 3 aromatic rings. The monoisotopic (exact) mass is 582 g/mol. The molecule has 224 valence electrons. The first kappa shape index (κ1) is 29.0. The number of methoxy groups -OCH3 is 1. The zero-order valence-electron chi connectivity index (χ0n) is 25.1. The molecule has 3 aromatic carbocycles. The normalized spacial score (nSPS) is 24.6. The fraction of sp³-hybridized carbons (Fsp3) is 0.371. The molecule has 0 aromatic heterocycles. The zero-order valence-corrected chi connectivity index (χ0v) is 25.1. The van der Waals surface area contributed by atoms with Crippen LogP contribution in [0.2, 0.25) is 0 Å². The zero-order chi connectivity index (χ0) is 30.5. The van der Waals surface area contributed by atoms with Crippen molar-refractivity contribution in [1.82, 2.24) is 0 Å². The highest BCUT2D eigenvalue weighted by Crippen LogP contribution is 2.60. The molecular formula is C35H38N2O6. The molecule has 3 aliphatic rings. The number of hydrogen-bond acceptors (Lipinski definition) is 6. The first-order valence-electron chi connectivity index (χ1n) is 14.7. The smallest absolute Gasteiger partial charge is 0.269 e. The summed E-state index contributed by atoms with van der Waals surface area (Å²) in [4.78, 5) is 31.2. The summed E-state index contributed by atoms with van der Waals surface area (Å²) in [5, 5.41) is 10.1. The van der Waals surface area contributed by atoms with E-state index in [0.717, 1.165) is 22.6 Å². The van der Waals surface area contributed by atoms with Gasteiger partial charge in [-0.15, -0.1) is 6.58 Å². The van der Waals surface area contributed by atoms with Crippen LogP contribution in [-0.4, -0.2) is 49.9 Å². The quantitative estimate of drug-likeness (QED) is 0.354. The third-order valence-corrected chi connectivity index (χ3v) is 9.51. The third-order valence-electron chi connectivity index (χ3n) is 9.51. The van der Waals surface area contributed by atoms with E-state index in [1.807, 2.05) is 54.6 Å². The van der Waals surface area contributed by atoms with Gasteiger partial charge in [0.25, 0.3) is 11.8 Å². The fourth-order valence-electron chi connectivity index (χ4n) is 7.53. The molecule has 2 amide bonds. The SMILES string of the molecule is C=CCN1C(=O)[C@]2(O[C@H](CCO)[C@@H](C(C)(C)c3ccc(OC)cc3)[C@@H]2C)c2cc(N3C(=O)COc4ccccc43)ccc21. The molecule has 1 saturated heterocycles. The maximum absolute atomic E-state index is 14.6. The molecule has 0 aliphatic carbocycles. The molecule has 8 heteroatoms. The molecule has 3 heterocycles. The van der Waals surface area contributed by atoms with Crippen molar-refractivity contribution in [1.29, 1.82) is 0 Å². The molecular weight excluding hydrogens is 544 g/mol. The van der Waals surface area contributed by atoms with Crippen LogP contribution < -0.4 is 19.3 Å². The Labute approximate surface area is 252 Å². The number of hydrogen-bond donors (Lipinski definition) is 1. The summed E-state index contributed by atoms with van der Waals surface area (Å²) in [6.45, 7) is 10.5. The Balaban J connectivity index is 1.50. The van der Waals surface area contributed by atoms with Gasteiger partial charge in [-0.3, -0.25) is 14.5 Å². The minimum atomic E-state index is -1.31. The summed E-state index contributed by atoms with van der Waals surface area (Å²) in [5.74, 6) is 0.642. The molecule has 4 atom stereocenters. The lowest BCUT2D eigenvalue weighted by Crippen LogP contribution is -2.46. The number of aliphatic hydroxyl groups excluding tert-OH is 1. The van der Waals surface area contributed by atoms with Crippen LogP contribution in [0.5, 0.6) is 11.5 Å². The number of anilines is 3. The second kappa shape index (κ2) is 10.8. The number of nitrogens with zero attached hydrogens (tertiary/aromatic N) is 2. The van der Waals surface area contributed by atoms with Crippen LogP contribution >= 0.6 is 0 Å². The maximum atomic E-state index is 14.6. The van der Waals surface area contributed by atoms with Crippen LogP contribution in [-0.2, 0) is 25.3 Å². The van der Waals surface area contributed by atoms with E-state index in [1.165, 1.54) is 0 Å². The highest BCUT2D eigenvalue weighted by Gasteiger charge is 2.65. The van der Waals surface area contributed by atoms with Gasteiger partial charge in [0.1, 0.15) is 11.5 Å². The average molecular weight is 583 g/mol. The number of rotatable bonds is 8. The van der Waals surface area contributed by atoms with Crippen molar-refractivity contribution >= 4 is 28.9 Å². The highest BCUT2D eigenvalue weighted by atomic mass is 16.5. The standard InChI is InChI=1S/C35H38N2O6/c1-6-18-36-27-16-13-24(37-28-9-7-8-10-29(28)42-21-31(37)39)20-26(27)35(33(36)40)22(2)32(30(43-35)17-19-38)34(3,4)23-11-14-25(41-5)15-12-23/h6-16,20,22,30,32,38H,1,17-19,21H2,2-5H3/t22-,30+,32-,35+/m0/s1. The van der Waals surface area contributed by atoms with Gasteiger partial charge in [0.15, 0.2) is 12.2 Å². The van der Waals surface area contributed by atoms with Crippen molar-refractivity contribution in [3.63, 3.8) is 0 Å². The Morgan fingerprint density at radius 3 is 2.53 bits per heavy atom. The van der Waals surface area contributed by atoms with Crippen molar-refractivity contribution in [3.05, 3.63) is 90.5 Å². The number of amides is 2. The molecule has 1 spiro atoms. The minimum Gasteiger partial charge on any atom is -0.497 e. The summed E-state index contributed by atoms with van der Waals surface area (Å²) in [7, 11) is 1.64. The molecule has 43 heavy (non-hydrogen) atoms. The van der Waals surface area contributed by atoms with Crippen LogP contribution in [0.4, 0.5) is 17.1 Å². The van der Waals surface area contributed by atoms with Crippen molar-refractivity contribution in [2.24, 2.45) is 11.8 Å². The van der Waals surface area contributed by atoms with Crippen LogP contribution in [0.25, 0.3) is 0 Å². The molecule has 1 N–H and O–H groups in total. The molecule has 0 unspecified atom stereocenters. The Kier molecular flexibility index (Phi) is 7.30. The number of aliphatic hydroxyl groups is 1. The summed E-state index contributed by atoms with van der Waals surface area (Å²) < 4.78 is 18.0. The molecule has 8 nitrogen and oxygen atoms in total. The Morgan fingerprint density at radius 2 is 1.84 bits per heavy atom.